The molecule has 5 nitrogen and oxygen atoms in total. The van der Waals surface area contributed by atoms with Crippen molar-refractivity contribution >= 4 is 29.9 Å². The summed E-state index contributed by atoms with van der Waals surface area (Å²) in [5.41, 5.74) is 1.04. The fourth-order valence-electron chi connectivity index (χ4n) is 2.63. The lowest BCUT2D eigenvalue weighted by molar-refractivity contribution is 0.199. The lowest BCUT2D eigenvalue weighted by Gasteiger charge is -2.17. The van der Waals surface area contributed by atoms with Crippen LogP contribution in [-0.2, 0) is 6.54 Å². The van der Waals surface area contributed by atoms with Gasteiger partial charge in [0, 0.05) is 24.3 Å². The van der Waals surface area contributed by atoms with E-state index in [1.807, 2.05) is 12.1 Å². The van der Waals surface area contributed by atoms with Crippen LogP contribution in [0, 0.1) is 0 Å². The Morgan fingerprint density at radius 2 is 2.12 bits per heavy atom. The van der Waals surface area contributed by atoms with Gasteiger partial charge in [-0.25, -0.2) is 9.98 Å². The van der Waals surface area contributed by atoms with Crippen LogP contribution in [0.1, 0.15) is 58.4 Å². The number of pyridine rings is 1. The standard InChI is InChI=1S/C18H30N4O.HI/c1-4-14(3)22-18(19-5-2)21-13-15-9-8-12-20-17(15)23-16-10-6-7-11-16;/h8-9,12,14,16H,4-7,10-11,13H2,1-3H3,(H2,19,21,22);1H. The van der Waals surface area contributed by atoms with Gasteiger partial charge in [-0.1, -0.05) is 13.0 Å². The number of hydrogen-bond acceptors (Lipinski definition) is 3. The van der Waals surface area contributed by atoms with Crippen molar-refractivity contribution in [2.75, 3.05) is 6.54 Å². The Bertz CT molecular complexity index is 504. The number of aliphatic imine (C=N–C) groups is 1. The second-order valence-electron chi connectivity index (χ2n) is 6.14. The Labute approximate surface area is 163 Å². The molecule has 1 aromatic heterocycles. The number of nitrogens with zero attached hydrogens (tertiary/aromatic N) is 2. The van der Waals surface area contributed by atoms with Crippen molar-refractivity contribution < 1.29 is 4.74 Å². The summed E-state index contributed by atoms with van der Waals surface area (Å²) in [5, 5.41) is 6.70. The molecule has 1 saturated carbocycles. The largest absolute Gasteiger partial charge is 0.474 e. The summed E-state index contributed by atoms with van der Waals surface area (Å²) in [4.78, 5) is 9.09. The summed E-state index contributed by atoms with van der Waals surface area (Å²) in [5.74, 6) is 1.58. The van der Waals surface area contributed by atoms with Crippen LogP contribution in [0.25, 0.3) is 0 Å². The summed E-state index contributed by atoms with van der Waals surface area (Å²) >= 11 is 0. The van der Waals surface area contributed by atoms with Crippen molar-refractivity contribution in [1.29, 1.82) is 0 Å². The van der Waals surface area contributed by atoms with E-state index in [0.717, 1.165) is 43.2 Å². The van der Waals surface area contributed by atoms with Crippen LogP contribution in [0.15, 0.2) is 23.3 Å². The summed E-state index contributed by atoms with van der Waals surface area (Å²) in [6.45, 7) is 7.82. The first-order chi connectivity index (χ1) is 11.2. The number of rotatable bonds is 7. The minimum Gasteiger partial charge on any atom is -0.474 e. The molecule has 24 heavy (non-hydrogen) atoms. The van der Waals surface area contributed by atoms with Gasteiger partial charge in [0.05, 0.1) is 6.54 Å². The van der Waals surface area contributed by atoms with Gasteiger partial charge in [0.25, 0.3) is 0 Å². The number of aromatic nitrogens is 1. The molecule has 2 N–H and O–H groups in total. The average molecular weight is 446 g/mol. The van der Waals surface area contributed by atoms with Crippen LogP contribution in [0.5, 0.6) is 5.88 Å². The Morgan fingerprint density at radius 3 is 2.79 bits per heavy atom. The third kappa shape index (κ3) is 6.83. The number of halogens is 1. The highest BCUT2D eigenvalue weighted by Crippen LogP contribution is 2.25. The molecular weight excluding hydrogens is 415 g/mol. The molecule has 0 radical (unpaired) electrons. The van der Waals surface area contributed by atoms with Gasteiger partial charge in [0.15, 0.2) is 5.96 Å². The van der Waals surface area contributed by atoms with Crippen LogP contribution in [0.4, 0.5) is 0 Å². The first-order valence-corrected chi connectivity index (χ1v) is 8.88. The van der Waals surface area contributed by atoms with Crippen molar-refractivity contribution in [3.63, 3.8) is 0 Å². The fraction of sp³-hybridized carbons (Fsp3) is 0.667. The minimum atomic E-state index is 0. The van der Waals surface area contributed by atoms with Gasteiger partial charge in [0.2, 0.25) is 5.88 Å². The molecular formula is C18H31IN4O. The van der Waals surface area contributed by atoms with Crippen LogP contribution >= 0.6 is 24.0 Å². The lowest BCUT2D eigenvalue weighted by Crippen LogP contribution is -2.41. The van der Waals surface area contributed by atoms with E-state index < -0.39 is 0 Å². The predicted molar refractivity (Wildman–Crippen MR) is 110 cm³/mol. The maximum absolute atomic E-state index is 6.08. The van der Waals surface area contributed by atoms with E-state index in [9.17, 15) is 0 Å². The van der Waals surface area contributed by atoms with Crippen molar-refractivity contribution in [3.8, 4) is 5.88 Å². The van der Waals surface area contributed by atoms with E-state index in [1.54, 1.807) is 6.20 Å². The van der Waals surface area contributed by atoms with E-state index in [0.29, 0.717) is 18.7 Å². The highest BCUT2D eigenvalue weighted by Gasteiger charge is 2.18. The van der Waals surface area contributed by atoms with Gasteiger partial charge in [-0.05, 0) is 52.0 Å². The van der Waals surface area contributed by atoms with E-state index >= 15 is 0 Å². The summed E-state index contributed by atoms with van der Waals surface area (Å²) in [7, 11) is 0. The Balaban J connectivity index is 0.00000288. The van der Waals surface area contributed by atoms with Crippen molar-refractivity contribution in [3.05, 3.63) is 23.9 Å². The van der Waals surface area contributed by atoms with Crippen molar-refractivity contribution in [2.24, 2.45) is 4.99 Å². The highest BCUT2D eigenvalue weighted by molar-refractivity contribution is 14.0. The molecule has 0 aliphatic heterocycles. The Kier molecular flexibility index (Phi) is 10.1. The summed E-state index contributed by atoms with van der Waals surface area (Å²) < 4.78 is 6.08. The second-order valence-corrected chi connectivity index (χ2v) is 6.14. The zero-order valence-corrected chi connectivity index (χ0v) is 17.4. The summed E-state index contributed by atoms with van der Waals surface area (Å²) in [6.07, 6.45) is 7.96. The zero-order valence-electron chi connectivity index (χ0n) is 15.0. The fourth-order valence-corrected chi connectivity index (χ4v) is 2.63. The number of ether oxygens (including phenoxy) is 1. The van der Waals surface area contributed by atoms with Gasteiger partial charge in [-0.2, -0.15) is 0 Å². The molecule has 1 aliphatic rings. The van der Waals surface area contributed by atoms with Gasteiger partial charge in [-0.3, -0.25) is 0 Å². The molecule has 1 atom stereocenters. The van der Waals surface area contributed by atoms with Crippen LogP contribution in [-0.4, -0.2) is 29.6 Å². The SMILES string of the molecule is CCNC(=NCc1cccnc1OC1CCCC1)NC(C)CC.I. The molecule has 0 saturated heterocycles. The molecule has 0 bridgehead atoms. The molecule has 2 rings (SSSR count). The number of nitrogens with one attached hydrogen (secondary N) is 2. The normalized spacial score (nSPS) is 16.4. The van der Waals surface area contributed by atoms with E-state index in [1.165, 1.54) is 12.8 Å². The molecule has 1 unspecified atom stereocenters. The third-order valence-corrected chi connectivity index (χ3v) is 4.18. The number of hydrogen-bond donors (Lipinski definition) is 2. The van der Waals surface area contributed by atoms with Crippen molar-refractivity contribution in [2.45, 2.75) is 71.6 Å². The van der Waals surface area contributed by atoms with E-state index in [2.05, 4.69) is 41.4 Å². The zero-order chi connectivity index (χ0) is 16.5. The molecule has 0 amide bonds. The molecule has 0 spiro atoms. The average Bonchev–Trinajstić information content (AvgIpc) is 3.07. The first kappa shape index (κ1) is 21.0. The molecule has 6 heteroatoms. The van der Waals surface area contributed by atoms with Gasteiger partial charge >= 0.3 is 0 Å². The Morgan fingerprint density at radius 1 is 1.38 bits per heavy atom. The molecule has 1 aromatic rings. The van der Waals surface area contributed by atoms with E-state index in [-0.39, 0.29) is 24.0 Å². The molecule has 1 fully saturated rings. The third-order valence-electron chi connectivity index (χ3n) is 4.18. The second kappa shape index (κ2) is 11.5. The van der Waals surface area contributed by atoms with Crippen LogP contribution in [0.3, 0.4) is 0 Å². The predicted octanol–water partition coefficient (Wildman–Crippen LogP) is 3.87. The first-order valence-electron chi connectivity index (χ1n) is 8.88. The smallest absolute Gasteiger partial charge is 0.218 e. The maximum Gasteiger partial charge on any atom is 0.218 e. The maximum atomic E-state index is 6.08. The Hall–Kier alpha value is -1.05. The monoisotopic (exact) mass is 446 g/mol. The molecule has 136 valence electrons. The minimum absolute atomic E-state index is 0. The molecule has 1 aliphatic carbocycles. The molecule has 1 heterocycles. The number of guanidine groups is 1. The topological polar surface area (TPSA) is 58.5 Å². The lowest BCUT2D eigenvalue weighted by atomic mass is 10.2. The van der Waals surface area contributed by atoms with E-state index in [4.69, 9.17) is 4.74 Å². The highest BCUT2D eigenvalue weighted by atomic mass is 127. The van der Waals surface area contributed by atoms with Gasteiger partial charge < -0.3 is 15.4 Å². The quantitative estimate of drug-likeness (QED) is 0.379. The van der Waals surface area contributed by atoms with Crippen LogP contribution < -0.4 is 15.4 Å². The summed E-state index contributed by atoms with van der Waals surface area (Å²) in [6, 6.07) is 4.39. The van der Waals surface area contributed by atoms with Crippen molar-refractivity contribution in [1.82, 2.24) is 15.6 Å². The van der Waals surface area contributed by atoms with Crippen LogP contribution in [0.2, 0.25) is 0 Å². The van der Waals surface area contributed by atoms with Gasteiger partial charge in [0.1, 0.15) is 6.10 Å². The molecule has 0 aromatic carbocycles. The van der Waals surface area contributed by atoms with Gasteiger partial charge in [-0.15, -0.1) is 24.0 Å².